The first-order chi connectivity index (χ1) is 7.45. The second-order valence-electron chi connectivity index (χ2n) is 3.43. The molecule has 1 aliphatic rings. The van der Waals surface area contributed by atoms with Gasteiger partial charge in [0.2, 0.25) is 0 Å². The average Bonchev–Trinajstić information content (AvgIpc) is 2.74. The van der Waals surface area contributed by atoms with Gasteiger partial charge in [-0.25, -0.2) is 0 Å². The highest BCUT2D eigenvalue weighted by molar-refractivity contribution is 7.99. The third-order valence-corrected chi connectivity index (χ3v) is 3.50. The van der Waals surface area contributed by atoms with Crippen molar-refractivity contribution in [2.45, 2.75) is 6.04 Å². The molecule has 2 aromatic rings. The highest BCUT2D eigenvalue weighted by Gasteiger charge is 2.20. The molecule has 1 aliphatic heterocycles. The summed E-state index contributed by atoms with van der Waals surface area (Å²) in [6.45, 7) is 1.02. The van der Waals surface area contributed by atoms with Crippen molar-refractivity contribution in [3.63, 3.8) is 0 Å². The Kier molecular flexibility index (Phi) is 2.30. The maximum Gasteiger partial charge on any atom is 0.177 e. The van der Waals surface area contributed by atoms with Crippen LogP contribution in [0, 0.1) is 0 Å². The molecule has 3 rings (SSSR count). The van der Waals surface area contributed by atoms with Crippen LogP contribution < -0.4 is 5.32 Å². The maximum atomic E-state index is 4.26. The highest BCUT2D eigenvalue weighted by atomic mass is 32.2. The molecule has 78 valence electrons. The first-order valence-corrected chi connectivity index (χ1v) is 6.08. The number of hydrogen-bond acceptors (Lipinski definition) is 5. The maximum absolute atomic E-state index is 4.26. The average molecular weight is 221 g/mol. The lowest BCUT2D eigenvalue weighted by Gasteiger charge is -2.20. The van der Waals surface area contributed by atoms with E-state index in [0.717, 1.165) is 23.8 Å². The van der Waals surface area contributed by atoms with Gasteiger partial charge in [-0.2, -0.15) is 21.4 Å². The highest BCUT2D eigenvalue weighted by Crippen LogP contribution is 2.20. The van der Waals surface area contributed by atoms with E-state index in [4.69, 9.17) is 0 Å². The molecule has 1 unspecified atom stereocenters. The van der Waals surface area contributed by atoms with Gasteiger partial charge in [-0.3, -0.25) is 0 Å². The van der Waals surface area contributed by atoms with Gasteiger partial charge in [0.25, 0.3) is 0 Å². The molecule has 15 heavy (non-hydrogen) atoms. The van der Waals surface area contributed by atoms with Crippen LogP contribution >= 0.6 is 11.8 Å². The summed E-state index contributed by atoms with van der Waals surface area (Å²) in [5.74, 6) is 3.12. The van der Waals surface area contributed by atoms with Gasteiger partial charge in [-0.15, -0.1) is 10.2 Å². The molecule has 0 spiro atoms. The molecule has 1 atom stereocenters. The van der Waals surface area contributed by atoms with Gasteiger partial charge in [0, 0.05) is 24.2 Å². The van der Waals surface area contributed by atoms with Crippen molar-refractivity contribution in [1.29, 1.82) is 0 Å². The number of fused-ring (bicyclic) bond motifs is 1. The van der Waals surface area contributed by atoms with E-state index < -0.39 is 0 Å². The molecule has 0 radical (unpaired) electrons. The van der Waals surface area contributed by atoms with Crippen LogP contribution in [0.15, 0.2) is 18.3 Å². The van der Waals surface area contributed by atoms with E-state index in [1.807, 2.05) is 28.4 Å². The minimum Gasteiger partial charge on any atom is -0.306 e. The largest absolute Gasteiger partial charge is 0.306 e. The predicted octanol–water partition coefficient (Wildman–Crippen LogP) is 0.502. The number of thioether (sulfide) groups is 1. The Hall–Kier alpha value is -1.14. The van der Waals surface area contributed by atoms with Crippen molar-refractivity contribution in [2.75, 3.05) is 18.1 Å². The van der Waals surface area contributed by atoms with Crippen LogP contribution in [0.5, 0.6) is 0 Å². The van der Waals surface area contributed by atoms with Crippen LogP contribution in [0.3, 0.4) is 0 Å². The molecule has 5 nitrogen and oxygen atoms in total. The van der Waals surface area contributed by atoms with Gasteiger partial charge < -0.3 is 5.32 Å². The second kappa shape index (κ2) is 3.79. The fourth-order valence-electron chi connectivity index (χ4n) is 1.71. The van der Waals surface area contributed by atoms with Crippen LogP contribution in [-0.4, -0.2) is 37.9 Å². The molecule has 1 fully saturated rings. The quantitative estimate of drug-likeness (QED) is 0.760. The van der Waals surface area contributed by atoms with Crippen LogP contribution in [0.25, 0.3) is 5.65 Å². The van der Waals surface area contributed by atoms with Crippen molar-refractivity contribution in [3.8, 4) is 0 Å². The third-order valence-electron chi connectivity index (χ3n) is 2.44. The molecule has 1 saturated heterocycles. The topological polar surface area (TPSA) is 55.1 Å². The number of nitrogens with one attached hydrogen (secondary N) is 1. The lowest BCUT2D eigenvalue weighted by Crippen LogP contribution is -2.31. The van der Waals surface area contributed by atoms with Gasteiger partial charge in [-0.1, -0.05) is 0 Å². The molecule has 1 N–H and O–H groups in total. The molecule has 0 amide bonds. The van der Waals surface area contributed by atoms with E-state index in [-0.39, 0.29) is 6.04 Å². The number of hydrogen-bond donors (Lipinski definition) is 1. The Balaban J connectivity index is 2.02. The molecule has 6 heteroatoms. The second-order valence-corrected chi connectivity index (χ2v) is 4.58. The first kappa shape index (κ1) is 9.11. The fraction of sp³-hybridized carbons (Fsp3) is 0.444. The zero-order chi connectivity index (χ0) is 10.1. The van der Waals surface area contributed by atoms with Crippen molar-refractivity contribution in [1.82, 2.24) is 25.1 Å². The Morgan fingerprint density at radius 2 is 2.47 bits per heavy atom. The van der Waals surface area contributed by atoms with Crippen molar-refractivity contribution in [3.05, 3.63) is 24.2 Å². The lowest BCUT2D eigenvalue weighted by molar-refractivity contribution is 0.549. The lowest BCUT2D eigenvalue weighted by atomic mass is 10.3. The summed E-state index contributed by atoms with van der Waals surface area (Å²) in [7, 11) is 0. The van der Waals surface area contributed by atoms with E-state index in [0.29, 0.717) is 0 Å². The molecule has 2 aromatic heterocycles. The monoisotopic (exact) mass is 221 g/mol. The molecular weight excluding hydrogens is 210 g/mol. The number of nitrogens with zero attached hydrogens (tertiary/aromatic N) is 4. The van der Waals surface area contributed by atoms with Crippen molar-refractivity contribution in [2.24, 2.45) is 0 Å². The van der Waals surface area contributed by atoms with Crippen LogP contribution in [0.4, 0.5) is 0 Å². The summed E-state index contributed by atoms with van der Waals surface area (Å²) in [6, 6.07) is 4.06. The Morgan fingerprint density at radius 1 is 1.47 bits per heavy atom. The summed E-state index contributed by atoms with van der Waals surface area (Å²) >= 11 is 1.94. The molecule has 3 heterocycles. The Bertz CT molecular complexity index is 462. The van der Waals surface area contributed by atoms with Crippen LogP contribution in [-0.2, 0) is 0 Å². The normalized spacial score (nSPS) is 22.0. The van der Waals surface area contributed by atoms with E-state index in [1.54, 1.807) is 6.20 Å². The van der Waals surface area contributed by atoms with Gasteiger partial charge in [0.1, 0.15) is 0 Å². The van der Waals surface area contributed by atoms with E-state index in [1.165, 1.54) is 5.75 Å². The molecular formula is C9H11N5S. The third kappa shape index (κ3) is 1.59. The summed E-state index contributed by atoms with van der Waals surface area (Å²) in [4.78, 5) is 0. The molecule has 0 aromatic carbocycles. The van der Waals surface area contributed by atoms with E-state index in [2.05, 4.69) is 20.6 Å². The molecule has 0 saturated carbocycles. The van der Waals surface area contributed by atoms with Crippen LogP contribution in [0.2, 0.25) is 0 Å². The van der Waals surface area contributed by atoms with Gasteiger partial charge in [0.05, 0.1) is 6.04 Å². The smallest absolute Gasteiger partial charge is 0.177 e. The Labute approximate surface area is 91.3 Å². The van der Waals surface area contributed by atoms with Crippen molar-refractivity contribution >= 4 is 17.4 Å². The number of aromatic nitrogens is 4. The predicted molar refractivity (Wildman–Crippen MR) is 58.9 cm³/mol. The minimum absolute atomic E-state index is 0.272. The van der Waals surface area contributed by atoms with Gasteiger partial charge in [0.15, 0.2) is 11.5 Å². The summed E-state index contributed by atoms with van der Waals surface area (Å²) in [5.41, 5.74) is 0.810. The number of rotatable bonds is 1. The molecule has 0 bridgehead atoms. The Morgan fingerprint density at radius 3 is 3.33 bits per heavy atom. The minimum atomic E-state index is 0.272. The zero-order valence-electron chi connectivity index (χ0n) is 8.13. The summed E-state index contributed by atoms with van der Waals surface area (Å²) in [5, 5.41) is 16.0. The fourth-order valence-corrected chi connectivity index (χ4v) is 2.64. The van der Waals surface area contributed by atoms with Gasteiger partial charge in [-0.05, 0) is 12.1 Å². The molecule has 0 aliphatic carbocycles. The van der Waals surface area contributed by atoms with Crippen molar-refractivity contribution < 1.29 is 0 Å². The SMILES string of the molecule is c1cnn2c(C3CSCCN3)nnc2c1. The summed E-state index contributed by atoms with van der Waals surface area (Å²) < 4.78 is 1.81. The van der Waals surface area contributed by atoms with Crippen LogP contribution in [0.1, 0.15) is 11.9 Å². The first-order valence-electron chi connectivity index (χ1n) is 4.92. The standard InChI is InChI=1S/C9H11N5S/c1-2-8-12-13-9(14(8)11-3-1)7-6-15-5-4-10-7/h1-3,7,10H,4-6H2. The van der Waals surface area contributed by atoms with E-state index >= 15 is 0 Å². The van der Waals surface area contributed by atoms with E-state index in [9.17, 15) is 0 Å². The van der Waals surface area contributed by atoms with Gasteiger partial charge >= 0.3 is 0 Å². The summed E-state index contributed by atoms with van der Waals surface area (Å²) in [6.07, 6.45) is 1.76. The zero-order valence-corrected chi connectivity index (χ0v) is 8.94.